The maximum atomic E-state index is 12.8. The zero-order valence-electron chi connectivity index (χ0n) is 13.0. The minimum atomic E-state index is -4.55. The Bertz CT molecular complexity index is 749. The molecule has 9 heteroatoms. The molecule has 0 bridgehead atoms. The molecular weight excluding hydrogens is 361 g/mol. The van der Waals surface area contributed by atoms with Gasteiger partial charge in [-0.05, 0) is 54.5 Å². The van der Waals surface area contributed by atoms with Crippen LogP contribution in [0.15, 0.2) is 47.6 Å². The summed E-state index contributed by atoms with van der Waals surface area (Å²) in [6, 6.07) is 9.26. The van der Waals surface area contributed by atoms with Gasteiger partial charge in [-0.1, -0.05) is 23.7 Å². The van der Waals surface area contributed by atoms with Crippen molar-refractivity contribution in [2.24, 2.45) is 5.16 Å². The van der Waals surface area contributed by atoms with Crippen molar-refractivity contribution in [1.82, 2.24) is 5.64 Å². The Hall–Kier alpha value is -2.29. The van der Waals surface area contributed by atoms with Gasteiger partial charge in [0, 0.05) is 10.6 Å². The van der Waals surface area contributed by atoms with Crippen LogP contribution in [0, 0.1) is 0 Å². The molecule has 2 N–H and O–H groups in total. The summed E-state index contributed by atoms with van der Waals surface area (Å²) in [5.41, 5.74) is 1.03. The maximum Gasteiger partial charge on any atom is 0.416 e. The minimum absolute atomic E-state index is 0.238. The Morgan fingerprint density at radius 3 is 2.44 bits per heavy atom. The van der Waals surface area contributed by atoms with Crippen LogP contribution in [0.5, 0.6) is 11.5 Å². The van der Waals surface area contributed by atoms with Gasteiger partial charge in [0.2, 0.25) is 0 Å². The number of nitrogens with one attached hydrogen (secondary N) is 1. The molecule has 0 saturated carbocycles. The molecule has 0 fully saturated rings. The molecule has 0 radical (unpaired) electrons. The summed E-state index contributed by atoms with van der Waals surface area (Å²) in [7, 11) is 0. The first-order valence-corrected chi connectivity index (χ1v) is 7.50. The fourth-order valence-electron chi connectivity index (χ4n) is 1.98. The third-order valence-electron chi connectivity index (χ3n) is 3.19. The van der Waals surface area contributed by atoms with E-state index in [4.69, 9.17) is 21.6 Å². The van der Waals surface area contributed by atoms with E-state index in [2.05, 4.69) is 9.99 Å². The molecular formula is C16H14ClF3N2O3. The van der Waals surface area contributed by atoms with Crippen molar-refractivity contribution >= 4 is 17.3 Å². The van der Waals surface area contributed by atoms with Gasteiger partial charge in [0.1, 0.15) is 0 Å². The summed E-state index contributed by atoms with van der Waals surface area (Å²) in [5.74, 6) is 0.169. The smallest absolute Gasteiger partial charge is 0.383 e. The lowest BCUT2D eigenvalue weighted by Gasteiger charge is -2.13. The summed E-state index contributed by atoms with van der Waals surface area (Å²) < 4.78 is 38.5. The standard InChI is InChI=1S/C16H14ClF3N2O3/c1-2-14(21-24-12-6-4-11(17)5-7-12)13-8-3-10(16(18,19)20)9-15(13)25-22-23/h3-9,22-23H,2H2,1H3/b21-14+. The van der Waals surface area contributed by atoms with Gasteiger partial charge in [-0.3, -0.25) is 5.21 Å². The average molecular weight is 375 g/mol. The molecule has 2 aromatic rings. The normalized spacial score (nSPS) is 12.2. The monoisotopic (exact) mass is 374 g/mol. The predicted molar refractivity (Wildman–Crippen MR) is 85.9 cm³/mol. The van der Waals surface area contributed by atoms with Gasteiger partial charge in [0.25, 0.3) is 0 Å². The van der Waals surface area contributed by atoms with Crippen LogP contribution < -0.4 is 15.3 Å². The molecule has 0 aliphatic carbocycles. The maximum absolute atomic E-state index is 12.8. The Morgan fingerprint density at radius 1 is 1.20 bits per heavy atom. The molecule has 0 amide bonds. The SMILES string of the molecule is CC/C(=N\Oc1ccc(Cl)cc1)c1ccc(C(F)(F)F)cc1ONO. The molecule has 5 nitrogen and oxygen atoms in total. The molecule has 0 aromatic heterocycles. The van der Waals surface area contributed by atoms with Crippen LogP contribution >= 0.6 is 11.6 Å². The molecule has 0 unspecified atom stereocenters. The fourth-order valence-corrected chi connectivity index (χ4v) is 2.10. The van der Waals surface area contributed by atoms with Crippen molar-refractivity contribution in [3.8, 4) is 11.5 Å². The quantitative estimate of drug-likeness (QED) is 0.562. The molecule has 25 heavy (non-hydrogen) atoms. The van der Waals surface area contributed by atoms with Crippen molar-refractivity contribution in [2.75, 3.05) is 0 Å². The van der Waals surface area contributed by atoms with E-state index in [0.717, 1.165) is 12.1 Å². The number of oxime groups is 1. The number of hydrogen-bond acceptors (Lipinski definition) is 5. The van der Waals surface area contributed by atoms with Crippen molar-refractivity contribution in [3.05, 3.63) is 58.6 Å². The van der Waals surface area contributed by atoms with Crippen LogP contribution in [0.1, 0.15) is 24.5 Å². The van der Waals surface area contributed by atoms with Gasteiger partial charge in [0.05, 0.1) is 11.3 Å². The molecule has 0 atom stereocenters. The number of benzene rings is 2. The van der Waals surface area contributed by atoms with Gasteiger partial charge in [0.15, 0.2) is 11.5 Å². The van der Waals surface area contributed by atoms with Gasteiger partial charge in [-0.25, -0.2) is 0 Å². The van der Waals surface area contributed by atoms with Crippen LogP contribution in [0.25, 0.3) is 0 Å². The first kappa shape index (κ1) is 19.0. The topological polar surface area (TPSA) is 63.1 Å². The first-order chi connectivity index (χ1) is 11.8. The van der Waals surface area contributed by atoms with E-state index < -0.39 is 11.7 Å². The molecule has 0 saturated heterocycles. The lowest BCUT2D eigenvalue weighted by atomic mass is 10.0. The number of halogens is 4. The summed E-state index contributed by atoms with van der Waals surface area (Å²) in [6.45, 7) is 1.75. The molecule has 2 rings (SSSR count). The van der Waals surface area contributed by atoms with Crippen LogP contribution in [0.3, 0.4) is 0 Å². The van der Waals surface area contributed by atoms with Crippen LogP contribution in [-0.2, 0) is 6.18 Å². The molecule has 0 aliphatic heterocycles. The highest BCUT2D eigenvalue weighted by Crippen LogP contribution is 2.33. The zero-order chi connectivity index (χ0) is 18.4. The second-order valence-electron chi connectivity index (χ2n) is 4.84. The largest absolute Gasteiger partial charge is 0.416 e. The number of hydrogen-bond donors (Lipinski definition) is 2. The van der Waals surface area contributed by atoms with Crippen LogP contribution in [0.4, 0.5) is 13.2 Å². The first-order valence-electron chi connectivity index (χ1n) is 7.12. The summed E-state index contributed by atoms with van der Waals surface area (Å²) in [5, 5.41) is 13.2. The van der Waals surface area contributed by atoms with Crippen molar-refractivity contribution < 1.29 is 28.1 Å². The van der Waals surface area contributed by atoms with E-state index in [0.29, 0.717) is 22.9 Å². The lowest BCUT2D eigenvalue weighted by Crippen LogP contribution is -2.16. The van der Waals surface area contributed by atoms with E-state index in [-0.39, 0.29) is 11.3 Å². The van der Waals surface area contributed by atoms with Gasteiger partial charge < -0.3 is 9.68 Å². The Balaban J connectivity index is 2.34. The van der Waals surface area contributed by atoms with Gasteiger partial charge >= 0.3 is 6.18 Å². The average Bonchev–Trinajstić information content (AvgIpc) is 2.57. The molecule has 0 heterocycles. The highest BCUT2D eigenvalue weighted by molar-refractivity contribution is 6.30. The van der Waals surface area contributed by atoms with Crippen molar-refractivity contribution in [1.29, 1.82) is 0 Å². The molecule has 2 aromatic carbocycles. The summed E-state index contributed by atoms with van der Waals surface area (Å²) in [4.78, 5) is 9.94. The van der Waals surface area contributed by atoms with Crippen molar-refractivity contribution in [2.45, 2.75) is 19.5 Å². The third-order valence-corrected chi connectivity index (χ3v) is 3.44. The fraction of sp³-hybridized carbons (Fsp3) is 0.188. The van der Waals surface area contributed by atoms with E-state index in [1.165, 1.54) is 11.7 Å². The molecule has 0 spiro atoms. The number of nitrogens with zero attached hydrogens (tertiary/aromatic N) is 1. The highest BCUT2D eigenvalue weighted by Gasteiger charge is 2.31. The van der Waals surface area contributed by atoms with Crippen LogP contribution in [0.2, 0.25) is 5.02 Å². The zero-order valence-corrected chi connectivity index (χ0v) is 13.7. The van der Waals surface area contributed by atoms with E-state index >= 15 is 0 Å². The van der Waals surface area contributed by atoms with Gasteiger partial charge in [-0.15, -0.1) is 0 Å². The number of rotatable bonds is 6. The second-order valence-corrected chi connectivity index (χ2v) is 5.28. The summed E-state index contributed by atoms with van der Waals surface area (Å²) >= 11 is 5.77. The Morgan fingerprint density at radius 2 is 1.88 bits per heavy atom. The number of alkyl halides is 3. The third kappa shape index (κ3) is 5.09. The molecule has 134 valence electrons. The Kier molecular flexibility index (Phi) is 6.24. The van der Waals surface area contributed by atoms with Crippen LogP contribution in [-0.4, -0.2) is 10.9 Å². The van der Waals surface area contributed by atoms with E-state index in [1.54, 1.807) is 31.2 Å². The minimum Gasteiger partial charge on any atom is -0.383 e. The Labute approximate surface area is 146 Å². The highest BCUT2D eigenvalue weighted by atomic mass is 35.5. The summed E-state index contributed by atoms with van der Waals surface area (Å²) in [6.07, 6.45) is -4.20. The van der Waals surface area contributed by atoms with E-state index in [1.807, 2.05) is 0 Å². The lowest BCUT2D eigenvalue weighted by molar-refractivity contribution is -0.138. The predicted octanol–water partition coefficient (Wildman–Crippen LogP) is 4.82. The second kappa shape index (κ2) is 8.19. The van der Waals surface area contributed by atoms with E-state index in [9.17, 15) is 13.2 Å². The van der Waals surface area contributed by atoms with Crippen molar-refractivity contribution in [3.63, 3.8) is 0 Å². The van der Waals surface area contributed by atoms with Gasteiger partial charge in [-0.2, -0.15) is 13.2 Å². The molecule has 0 aliphatic rings.